The molecule has 1 aromatic heterocycles. The summed E-state index contributed by atoms with van der Waals surface area (Å²) in [5.74, 6) is 0.331. The molecular formula is C16H17N5O3S. The molecule has 0 fully saturated rings. The lowest BCUT2D eigenvalue weighted by Gasteiger charge is -2.31. The van der Waals surface area contributed by atoms with Gasteiger partial charge in [0.15, 0.2) is 9.92 Å². The topological polar surface area (TPSA) is 112 Å². The van der Waals surface area contributed by atoms with Crippen LogP contribution in [-0.4, -0.2) is 26.6 Å². The fourth-order valence-electron chi connectivity index (χ4n) is 3.62. The van der Waals surface area contributed by atoms with Crippen molar-refractivity contribution in [2.45, 2.75) is 37.1 Å². The molecule has 1 aromatic carbocycles. The van der Waals surface area contributed by atoms with Gasteiger partial charge in [0.1, 0.15) is 11.5 Å². The number of nitrogens with one attached hydrogen (secondary N) is 1. The van der Waals surface area contributed by atoms with Gasteiger partial charge in [0.2, 0.25) is 5.88 Å². The quantitative estimate of drug-likeness (QED) is 0.844. The number of rotatable bonds is 2. The summed E-state index contributed by atoms with van der Waals surface area (Å²) in [6, 6.07) is 1.53. The molecule has 0 saturated heterocycles. The van der Waals surface area contributed by atoms with Crippen molar-refractivity contribution in [2.75, 3.05) is 11.9 Å². The van der Waals surface area contributed by atoms with Crippen molar-refractivity contribution in [3.05, 3.63) is 34.5 Å². The SMILES string of the molecule is NS(=O)(=NC(=O)Nc1c2c(cc3c1CC3)CC2)c1cnn2c1OCC2. The van der Waals surface area contributed by atoms with E-state index in [1.54, 1.807) is 4.68 Å². The van der Waals surface area contributed by atoms with Gasteiger partial charge in [0, 0.05) is 5.69 Å². The molecule has 1 aliphatic heterocycles. The third-order valence-electron chi connectivity index (χ3n) is 5.08. The van der Waals surface area contributed by atoms with Crippen LogP contribution in [0.5, 0.6) is 5.88 Å². The molecule has 2 amide bonds. The molecule has 0 spiro atoms. The van der Waals surface area contributed by atoms with E-state index in [4.69, 9.17) is 9.88 Å². The number of amides is 2. The van der Waals surface area contributed by atoms with Gasteiger partial charge in [0.25, 0.3) is 0 Å². The summed E-state index contributed by atoms with van der Waals surface area (Å²) in [5, 5.41) is 12.7. The van der Waals surface area contributed by atoms with Crippen LogP contribution in [0, 0.1) is 0 Å². The van der Waals surface area contributed by atoms with Crippen molar-refractivity contribution in [3.8, 4) is 5.88 Å². The fraction of sp³-hybridized carbons (Fsp3) is 0.375. The highest BCUT2D eigenvalue weighted by Crippen LogP contribution is 2.40. The zero-order valence-corrected chi connectivity index (χ0v) is 14.3. The maximum absolute atomic E-state index is 12.8. The number of ether oxygens (including phenoxy) is 1. The van der Waals surface area contributed by atoms with Gasteiger partial charge in [-0.1, -0.05) is 6.07 Å². The van der Waals surface area contributed by atoms with E-state index < -0.39 is 15.9 Å². The number of carbonyl (C=O) groups is 1. The standard InChI is InChI=1S/C16H17N5O3S/c17-25(23,13-8-18-21-5-6-24-15(13)21)20-16(22)19-14-11-3-1-9(11)7-10-2-4-12(10)14/h7-8H,1-6H2,(H3,17,19,20,22,23). The first-order chi connectivity index (χ1) is 12.0. The highest BCUT2D eigenvalue weighted by molar-refractivity contribution is 7.91. The molecule has 9 heteroatoms. The van der Waals surface area contributed by atoms with Crippen molar-refractivity contribution in [2.24, 2.45) is 9.50 Å². The first-order valence-corrected chi connectivity index (χ1v) is 9.82. The van der Waals surface area contributed by atoms with Crippen molar-refractivity contribution in [3.63, 3.8) is 0 Å². The molecular weight excluding hydrogens is 342 g/mol. The molecule has 25 heavy (non-hydrogen) atoms. The van der Waals surface area contributed by atoms with Crippen LogP contribution in [0.1, 0.15) is 22.3 Å². The molecule has 2 aromatic rings. The summed E-state index contributed by atoms with van der Waals surface area (Å²) in [6.07, 6.45) is 5.32. The fourth-order valence-corrected chi connectivity index (χ4v) is 4.62. The first kappa shape index (κ1) is 14.9. The van der Waals surface area contributed by atoms with E-state index in [0.29, 0.717) is 19.0 Å². The molecule has 130 valence electrons. The van der Waals surface area contributed by atoms with E-state index >= 15 is 0 Å². The van der Waals surface area contributed by atoms with Crippen LogP contribution in [0.4, 0.5) is 10.5 Å². The van der Waals surface area contributed by atoms with E-state index in [-0.39, 0.29) is 4.90 Å². The maximum atomic E-state index is 12.8. The Morgan fingerprint density at radius 2 is 2.00 bits per heavy atom. The van der Waals surface area contributed by atoms with E-state index in [1.807, 2.05) is 0 Å². The average molecular weight is 359 g/mol. The molecule has 2 aliphatic carbocycles. The minimum Gasteiger partial charge on any atom is -0.475 e. The second-order valence-corrected chi connectivity index (χ2v) is 8.26. The zero-order chi connectivity index (χ0) is 17.2. The van der Waals surface area contributed by atoms with Crippen LogP contribution in [0.3, 0.4) is 0 Å². The number of carbonyl (C=O) groups excluding carboxylic acids is 1. The monoisotopic (exact) mass is 359 g/mol. The second-order valence-electron chi connectivity index (χ2n) is 6.50. The Bertz CT molecular complexity index is 1020. The lowest BCUT2D eigenvalue weighted by atomic mass is 9.76. The average Bonchev–Trinajstić information content (AvgIpc) is 3.05. The highest BCUT2D eigenvalue weighted by atomic mass is 32.2. The summed E-state index contributed by atoms with van der Waals surface area (Å²) in [5.41, 5.74) is 5.74. The molecule has 2 heterocycles. The van der Waals surface area contributed by atoms with Gasteiger partial charge >= 0.3 is 6.03 Å². The number of hydrogen-bond acceptors (Lipinski definition) is 4. The van der Waals surface area contributed by atoms with Crippen molar-refractivity contribution in [1.29, 1.82) is 0 Å². The van der Waals surface area contributed by atoms with Crippen molar-refractivity contribution < 1.29 is 13.7 Å². The first-order valence-electron chi connectivity index (χ1n) is 8.24. The number of nitrogens with two attached hydrogens (primary N) is 1. The van der Waals surface area contributed by atoms with Crippen LogP contribution in [0.2, 0.25) is 0 Å². The minimum atomic E-state index is -3.42. The molecule has 8 nitrogen and oxygen atoms in total. The summed E-state index contributed by atoms with van der Waals surface area (Å²) in [6.45, 7) is 1.01. The van der Waals surface area contributed by atoms with Crippen LogP contribution in [-0.2, 0) is 42.1 Å². The van der Waals surface area contributed by atoms with Crippen LogP contribution < -0.4 is 15.2 Å². The number of aryl methyl sites for hydroxylation is 2. The Morgan fingerprint density at radius 1 is 1.28 bits per heavy atom. The van der Waals surface area contributed by atoms with Gasteiger partial charge in [-0.15, -0.1) is 4.36 Å². The number of urea groups is 1. The van der Waals surface area contributed by atoms with Gasteiger partial charge < -0.3 is 10.1 Å². The van der Waals surface area contributed by atoms with Gasteiger partial charge in [-0.05, 0) is 47.9 Å². The summed E-state index contributed by atoms with van der Waals surface area (Å²) >= 11 is 0. The van der Waals surface area contributed by atoms with Gasteiger partial charge in [-0.3, -0.25) is 0 Å². The van der Waals surface area contributed by atoms with Crippen LogP contribution >= 0.6 is 0 Å². The van der Waals surface area contributed by atoms with Gasteiger partial charge in [-0.2, -0.15) is 5.10 Å². The number of aromatic nitrogens is 2. The highest BCUT2D eigenvalue weighted by Gasteiger charge is 2.29. The predicted octanol–water partition coefficient (Wildman–Crippen LogP) is 1.41. The molecule has 0 saturated carbocycles. The Morgan fingerprint density at radius 3 is 2.64 bits per heavy atom. The summed E-state index contributed by atoms with van der Waals surface area (Å²) in [4.78, 5) is 12.6. The lowest BCUT2D eigenvalue weighted by molar-refractivity contribution is 0.260. The summed E-state index contributed by atoms with van der Waals surface area (Å²) in [7, 11) is -3.42. The maximum Gasteiger partial charge on any atom is 0.354 e. The van der Waals surface area contributed by atoms with E-state index in [1.165, 1.54) is 28.5 Å². The molecule has 1 atom stereocenters. The Hall–Kier alpha value is -2.39. The van der Waals surface area contributed by atoms with Crippen molar-refractivity contribution >= 4 is 21.6 Å². The van der Waals surface area contributed by atoms with E-state index in [0.717, 1.165) is 31.4 Å². The zero-order valence-electron chi connectivity index (χ0n) is 13.4. The van der Waals surface area contributed by atoms with Gasteiger partial charge in [-0.25, -0.2) is 18.8 Å². The smallest absolute Gasteiger partial charge is 0.354 e. The normalized spacial score (nSPS) is 18.6. The van der Waals surface area contributed by atoms with Gasteiger partial charge in [0.05, 0.1) is 12.7 Å². The Kier molecular flexibility index (Phi) is 3.02. The molecule has 0 radical (unpaired) electrons. The third-order valence-corrected chi connectivity index (χ3v) is 6.43. The predicted molar refractivity (Wildman–Crippen MR) is 91.0 cm³/mol. The van der Waals surface area contributed by atoms with Crippen LogP contribution in [0.25, 0.3) is 0 Å². The molecule has 5 rings (SSSR count). The molecule has 1 unspecified atom stereocenters. The number of benzene rings is 1. The minimum absolute atomic E-state index is 0.161. The molecule has 0 bridgehead atoms. The van der Waals surface area contributed by atoms with Crippen molar-refractivity contribution in [1.82, 2.24) is 9.78 Å². The number of nitrogens with zero attached hydrogens (tertiary/aromatic N) is 3. The molecule has 3 N–H and O–H groups in total. The lowest BCUT2D eigenvalue weighted by Crippen LogP contribution is -2.24. The Labute approximate surface area is 144 Å². The largest absolute Gasteiger partial charge is 0.475 e. The number of hydrogen-bond donors (Lipinski definition) is 2. The van der Waals surface area contributed by atoms with E-state index in [9.17, 15) is 9.00 Å². The third kappa shape index (κ3) is 2.19. The number of anilines is 1. The van der Waals surface area contributed by atoms with E-state index in [2.05, 4.69) is 20.8 Å². The Balaban J connectivity index is 1.48. The van der Waals surface area contributed by atoms with Crippen LogP contribution in [0.15, 0.2) is 21.5 Å². The number of fused-ring (bicyclic) bond motifs is 3. The second kappa shape index (κ2) is 5.06. The molecule has 3 aliphatic rings. The summed E-state index contributed by atoms with van der Waals surface area (Å²) < 4.78 is 23.5.